The van der Waals surface area contributed by atoms with Crippen LogP contribution in [0.5, 0.6) is 17.2 Å². The molecule has 0 bridgehead atoms. The number of nitrogens with one attached hydrogen (secondary N) is 1. The van der Waals surface area contributed by atoms with Gasteiger partial charge in [0, 0.05) is 44.3 Å². The van der Waals surface area contributed by atoms with Crippen molar-refractivity contribution in [2.45, 2.75) is 12.5 Å². The standard InChI is InChI=1S/C17H27N3O4.C2H2O4/c1-19(2)8-6-18-17(21)20-7-5-13(12-20)24-16-10-14(22-3)9-15(11-16)23-4;3-1(4)2(5)6/h9-11,13H,5-8,12H2,1-4H3,(H,18,21);(H,3,4)(H,5,6). The molecule has 2 rings (SSSR count). The second-order valence-corrected chi connectivity index (χ2v) is 6.67. The molecule has 1 aliphatic heterocycles. The highest BCUT2D eigenvalue weighted by molar-refractivity contribution is 6.27. The Balaban J connectivity index is 0.000000656. The monoisotopic (exact) mass is 427 g/mol. The lowest BCUT2D eigenvalue weighted by atomic mass is 10.3. The average Bonchev–Trinajstić information content (AvgIpc) is 3.16. The highest BCUT2D eigenvalue weighted by Gasteiger charge is 2.27. The summed E-state index contributed by atoms with van der Waals surface area (Å²) in [6, 6.07) is 5.41. The predicted octanol–water partition coefficient (Wildman–Crippen LogP) is 0.584. The van der Waals surface area contributed by atoms with Gasteiger partial charge in [0.15, 0.2) is 0 Å². The highest BCUT2D eigenvalue weighted by Crippen LogP contribution is 2.29. The van der Waals surface area contributed by atoms with Crippen LogP contribution < -0.4 is 19.5 Å². The molecule has 0 saturated carbocycles. The summed E-state index contributed by atoms with van der Waals surface area (Å²) in [6.45, 7) is 2.73. The van der Waals surface area contributed by atoms with Crippen LogP contribution in [0.2, 0.25) is 0 Å². The van der Waals surface area contributed by atoms with E-state index in [0.29, 0.717) is 36.9 Å². The van der Waals surface area contributed by atoms with Gasteiger partial charge in [0.25, 0.3) is 0 Å². The van der Waals surface area contributed by atoms with Gasteiger partial charge in [-0.2, -0.15) is 0 Å². The number of hydrogen-bond donors (Lipinski definition) is 3. The first-order valence-corrected chi connectivity index (χ1v) is 9.19. The maximum Gasteiger partial charge on any atom is 0.414 e. The van der Waals surface area contributed by atoms with Crippen molar-refractivity contribution in [1.82, 2.24) is 15.1 Å². The SMILES string of the molecule is COc1cc(OC)cc(OC2CCN(C(=O)NCCN(C)C)C2)c1.O=C(O)C(=O)O. The summed E-state index contributed by atoms with van der Waals surface area (Å²) >= 11 is 0. The second kappa shape index (κ2) is 12.4. The Morgan fingerprint density at radius 2 is 1.60 bits per heavy atom. The fraction of sp³-hybridized carbons (Fsp3) is 0.526. The van der Waals surface area contributed by atoms with Gasteiger partial charge >= 0.3 is 18.0 Å². The van der Waals surface area contributed by atoms with Gasteiger partial charge in [-0.3, -0.25) is 0 Å². The van der Waals surface area contributed by atoms with Crippen molar-refractivity contribution in [2.24, 2.45) is 0 Å². The third kappa shape index (κ3) is 8.86. The summed E-state index contributed by atoms with van der Waals surface area (Å²) in [5, 5.41) is 17.7. The first kappa shape index (κ1) is 24.8. The van der Waals surface area contributed by atoms with E-state index in [-0.39, 0.29) is 12.1 Å². The quantitative estimate of drug-likeness (QED) is 0.534. The van der Waals surface area contributed by atoms with E-state index in [0.717, 1.165) is 13.0 Å². The van der Waals surface area contributed by atoms with Gasteiger partial charge < -0.3 is 39.5 Å². The van der Waals surface area contributed by atoms with Gasteiger partial charge in [-0.25, -0.2) is 14.4 Å². The lowest BCUT2D eigenvalue weighted by Crippen LogP contribution is -2.41. The third-order valence-electron chi connectivity index (χ3n) is 4.08. The van der Waals surface area contributed by atoms with Gasteiger partial charge in [0.2, 0.25) is 0 Å². The number of carbonyl (C=O) groups is 3. The zero-order valence-corrected chi connectivity index (χ0v) is 17.6. The number of urea groups is 1. The van der Waals surface area contributed by atoms with Gasteiger partial charge in [-0.05, 0) is 14.1 Å². The summed E-state index contributed by atoms with van der Waals surface area (Å²) in [5.74, 6) is -1.60. The van der Waals surface area contributed by atoms with Crippen molar-refractivity contribution in [3.05, 3.63) is 18.2 Å². The number of likely N-dealkylation sites (N-methyl/N-ethyl adjacent to an activating group) is 1. The van der Waals surface area contributed by atoms with Crippen LogP contribution in [0.25, 0.3) is 0 Å². The van der Waals surface area contributed by atoms with E-state index in [4.69, 9.17) is 34.0 Å². The van der Waals surface area contributed by atoms with Crippen LogP contribution in [-0.4, -0.2) is 98.6 Å². The Morgan fingerprint density at radius 1 is 1.07 bits per heavy atom. The molecule has 168 valence electrons. The Morgan fingerprint density at radius 3 is 2.07 bits per heavy atom. The molecule has 1 aromatic carbocycles. The molecule has 2 amide bonds. The molecule has 30 heavy (non-hydrogen) atoms. The number of rotatable bonds is 7. The van der Waals surface area contributed by atoms with Crippen molar-refractivity contribution in [3.8, 4) is 17.2 Å². The van der Waals surface area contributed by atoms with E-state index in [1.54, 1.807) is 25.2 Å². The number of methoxy groups -OCH3 is 2. The molecule has 0 spiro atoms. The van der Waals surface area contributed by atoms with E-state index in [1.165, 1.54) is 0 Å². The number of carboxylic acids is 2. The van der Waals surface area contributed by atoms with Crippen LogP contribution in [0.4, 0.5) is 4.79 Å². The molecule has 1 saturated heterocycles. The second-order valence-electron chi connectivity index (χ2n) is 6.67. The molecule has 0 aromatic heterocycles. The number of ether oxygens (including phenoxy) is 3. The predicted molar refractivity (Wildman–Crippen MR) is 107 cm³/mol. The Bertz CT molecular complexity index is 691. The summed E-state index contributed by atoms with van der Waals surface area (Å²) < 4.78 is 16.5. The summed E-state index contributed by atoms with van der Waals surface area (Å²) in [5.41, 5.74) is 0. The lowest BCUT2D eigenvalue weighted by molar-refractivity contribution is -0.159. The maximum absolute atomic E-state index is 12.1. The van der Waals surface area contributed by atoms with Crippen LogP contribution >= 0.6 is 0 Å². The van der Waals surface area contributed by atoms with Crippen LogP contribution in [0, 0.1) is 0 Å². The maximum atomic E-state index is 12.1. The van der Waals surface area contributed by atoms with E-state index < -0.39 is 11.9 Å². The minimum Gasteiger partial charge on any atom is -0.496 e. The zero-order chi connectivity index (χ0) is 22.7. The van der Waals surface area contributed by atoms with Crippen molar-refractivity contribution in [3.63, 3.8) is 0 Å². The number of carboxylic acid groups (broad SMARTS) is 2. The molecular formula is C19H29N3O8. The zero-order valence-electron chi connectivity index (χ0n) is 17.6. The molecule has 3 N–H and O–H groups in total. The molecule has 11 heteroatoms. The minimum atomic E-state index is -1.82. The third-order valence-corrected chi connectivity index (χ3v) is 4.08. The molecule has 11 nitrogen and oxygen atoms in total. The fourth-order valence-corrected chi connectivity index (χ4v) is 2.55. The minimum absolute atomic E-state index is 0.0265. The van der Waals surface area contributed by atoms with Gasteiger partial charge in [-0.1, -0.05) is 0 Å². The van der Waals surface area contributed by atoms with Crippen molar-refractivity contribution in [1.29, 1.82) is 0 Å². The lowest BCUT2D eigenvalue weighted by Gasteiger charge is -2.19. The molecule has 1 heterocycles. The van der Waals surface area contributed by atoms with E-state index in [9.17, 15) is 4.79 Å². The van der Waals surface area contributed by atoms with Gasteiger partial charge in [0.05, 0.1) is 20.8 Å². The highest BCUT2D eigenvalue weighted by atomic mass is 16.5. The molecule has 0 aliphatic carbocycles. The molecule has 1 aromatic rings. The Hall–Kier alpha value is -3.21. The number of hydrogen-bond acceptors (Lipinski definition) is 7. The first-order valence-electron chi connectivity index (χ1n) is 9.19. The number of benzene rings is 1. The average molecular weight is 427 g/mol. The van der Waals surface area contributed by atoms with Crippen molar-refractivity contribution in [2.75, 3.05) is 54.5 Å². The van der Waals surface area contributed by atoms with Crippen LogP contribution in [0.3, 0.4) is 0 Å². The molecular weight excluding hydrogens is 398 g/mol. The van der Waals surface area contributed by atoms with Gasteiger partial charge in [0.1, 0.15) is 23.4 Å². The largest absolute Gasteiger partial charge is 0.496 e. The number of nitrogens with zero attached hydrogens (tertiary/aromatic N) is 2. The van der Waals surface area contributed by atoms with Crippen molar-refractivity contribution >= 4 is 18.0 Å². The molecule has 1 aliphatic rings. The van der Waals surface area contributed by atoms with E-state index in [2.05, 4.69) is 5.32 Å². The topological polar surface area (TPSA) is 138 Å². The smallest absolute Gasteiger partial charge is 0.414 e. The number of aliphatic carboxylic acids is 2. The van der Waals surface area contributed by atoms with Crippen LogP contribution in [0.15, 0.2) is 18.2 Å². The summed E-state index contributed by atoms with van der Waals surface area (Å²) in [6.07, 6.45) is 0.780. The fourth-order valence-electron chi connectivity index (χ4n) is 2.55. The Labute approximate surface area is 175 Å². The normalized spacial score (nSPS) is 15.1. The molecule has 1 atom stereocenters. The number of carbonyl (C=O) groups excluding carboxylic acids is 1. The van der Waals surface area contributed by atoms with Crippen molar-refractivity contribution < 1.29 is 38.8 Å². The number of amides is 2. The summed E-state index contributed by atoms with van der Waals surface area (Å²) in [7, 11) is 7.17. The van der Waals surface area contributed by atoms with Crippen LogP contribution in [0.1, 0.15) is 6.42 Å². The first-order chi connectivity index (χ1) is 14.2. The van der Waals surface area contributed by atoms with E-state index in [1.807, 2.05) is 31.1 Å². The van der Waals surface area contributed by atoms with Crippen LogP contribution in [-0.2, 0) is 9.59 Å². The molecule has 1 unspecified atom stereocenters. The Kier molecular flexibility index (Phi) is 10.2. The summed E-state index contributed by atoms with van der Waals surface area (Å²) in [4.78, 5) is 34.1. The number of likely N-dealkylation sites (tertiary alicyclic amines) is 1. The van der Waals surface area contributed by atoms with E-state index >= 15 is 0 Å². The van der Waals surface area contributed by atoms with Gasteiger partial charge in [-0.15, -0.1) is 0 Å². The molecule has 0 radical (unpaired) electrons. The molecule has 1 fully saturated rings.